The molecule has 2 aromatic rings. The van der Waals surface area contributed by atoms with E-state index in [0.717, 1.165) is 17.6 Å². The number of rotatable bonds is 3. The fourth-order valence-electron chi connectivity index (χ4n) is 1.52. The first-order valence-corrected chi connectivity index (χ1v) is 6.51. The van der Waals surface area contributed by atoms with Gasteiger partial charge in [-0.15, -0.1) is 0 Å². The predicted octanol–water partition coefficient (Wildman–Crippen LogP) is 3.19. The molecule has 1 aromatic carbocycles. The normalized spacial score (nSPS) is 10.3. The number of hydrogen-bond acceptors (Lipinski definition) is 4. The van der Waals surface area contributed by atoms with Crippen LogP contribution in [0.15, 0.2) is 18.2 Å². The highest BCUT2D eigenvalue weighted by Gasteiger charge is 2.20. The quantitative estimate of drug-likeness (QED) is 0.911. The first kappa shape index (κ1) is 14.4. The van der Waals surface area contributed by atoms with Gasteiger partial charge in [0, 0.05) is 5.56 Å². The van der Waals surface area contributed by atoms with Crippen LogP contribution in [0.25, 0.3) is 0 Å². The largest absolute Gasteiger partial charge is 0.478 e. The zero-order valence-corrected chi connectivity index (χ0v) is 11.7. The third-order valence-corrected chi connectivity index (χ3v) is 3.65. The first-order valence-electron chi connectivity index (χ1n) is 5.36. The number of carbonyl (C=O) groups is 2. The van der Waals surface area contributed by atoms with Crippen molar-refractivity contribution in [1.29, 1.82) is 0 Å². The van der Waals surface area contributed by atoms with Crippen LogP contribution in [0.3, 0.4) is 0 Å². The summed E-state index contributed by atoms with van der Waals surface area (Å²) in [5.41, 5.74) is 0.271. The van der Waals surface area contributed by atoms with E-state index in [-0.39, 0.29) is 21.2 Å². The maximum atomic E-state index is 13.3. The minimum atomic E-state index is -1.19. The molecule has 8 heteroatoms. The molecule has 1 amide bonds. The van der Waals surface area contributed by atoms with Crippen LogP contribution in [0.5, 0.6) is 0 Å². The molecular weight excluding hydrogens is 307 g/mol. The second-order valence-electron chi connectivity index (χ2n) is 3.86. The number of benzene rings is 1. The van der Waals surface area contributed by atoms with E-state index in [1.165, 1.54) is 19.1 Å². The summed E-state index contributed by atoms with van der Waals surface area (Å²) in [7, 11) is 0. The molecule has 0 aliphatic heterocycles. The smallest absolute Gasteiger partial charge is 0.340 e. The van der Waals surface area contributed by atoms with Crippen LogP contribution in [0, 0.1) is 12.7 Å². The Balaban J connectivity index is 2.28. The number of nitrogens with zero attached hydrogens (tertiary/aromatic N) is 1. The molecule has 104 valence electrons. The molecule has 0 saturated heterocycles. The number of amides is 1. The van der Waals surface area contributed by atoms with Crippen molar-refractivity contribution in [3.63, 3.8) is 0 Å². The van der Waals surface area contributed by atoms with Crippen LogP contribution in [0.4, 0.5) is 9.39 Å². The van der Waals surface area contributed by atoms with E-state index in [9.17, 15) is 14.0 Å². The Morgan fingerprint density at radius 3 is 2.75 bits per heavy atom. The topological polar surface area (TPSA) is 79.3 Å². The number of aromatic carboxylic acids is 1. The highest BCUT2D eigenvalue weighted by atomic mass is 35.5. The molecule has 0 bridgehead atoms. The number of anilines is 1. The Labute approximate surface area is 122 Å². The Bertz CT molecular complexity index is 702. The van der Waals surface area contributed by atoms with Gasteiger partial charge in [-0.25, -0.2) is 9.18 Å². The molecule has 5 nitrogen and oxygen atoms in total. The summed E-state index contributed by atoms with van der Waals surface area (Å²) < 4.78 is 17.1. The van der Waals surface area contributed by atoms with Gasteiger partial charge >= 0.3 is 5.97 Å². The van der Waals surface area contributed by atoms with Gasteiger partial charge in [0.2, 0.25) is 0 Å². The summed E-state index contributed by atoms with van der Waals surface area (Å²) in [6.45, 7) is 1.53. The molecule has 1 heterocycles. The van der Waals surface area contributed by atoms with Gasteiger partial charge in [0.25, 0.3) is 5.91 Å². The van der Waals surface area contributed by atoms with Crippen LogP contribution >= 0.6 is 23.1 Å². The standard InChI is InChI=1S/C12H8ClFN2O3S/c1-5-9(12(18)19)11(20-16-5)15-10(17)6-2-3-7(13)8(14)4-6/h2-4H,1H3,(H,15,17)(H,18,19). The lowest BCUT2D eigenvalue weighted by molar-refractivity contribution is 0.0697. The van der Waals surface area contributed by atoms with E-state index < -0.39 is 17.7 Å². The van der Waals surface area contributed by atoms with E-state index in [0.29, 0.717) is 5.69 Å². The number of aryl methyl sites for hydroxylation is 1. The second-order valence-corrected chi connectivity index (χ2v) is 5.04. The van der Waals surface area contributed by atoms with Gasteiger partial charge in [-0.3, -0.25) is 4.79 Å². The average Bonchev–Trinajstić information content (AvgIpc) is 2.73. The van der Waals surface area contributed by atoms with Crippen molar-refractivity contribution < 1.29 is 19.1 Å². The maximum Gasteiger partial charge on any atom is 0.340 e. The molecule has 0 spiro atoms. The van der Waals surface area contributed by atoms with Crippen molar-refractivity contribution in [2.24, 2.45) is 0 Å². The molecule has 0 atom stereocenters. The zero-order chi connectivity index (χ0) is 14.9. The lowest BCUT2D eigenvalue weighted by Gasteiger charge is -2.04. The Morgan fingerprint density at radius 1 is 1.45 bits per heavy atom. The van der Waals surface area contributed by atoms with Crippen molar-refractivity contribution >= 4 is 40.0 Å². The van der Waals surface area contributed by atoms with Crippen LogP contribution in [-0.4, -0.2) is 21.4 Å². The van der Waals surface area contributed by atoms with Crippen molar-refractivity contribution in [3.8, 4) is 0 Å². The summed E-state index contributed by atoms with van der Waals surface area (Å²) in [6.07, 6.45) is 0. The Hall–Kier alpha value is -1.99. The van der Waals surface area contributed by atoms with Gasteiger partial charge < -0.3 is 10.4 Å². The molecule has 0 radical (unpaired) electrons. The fourth-order valence-corrected chi connectivity index (χ4v) is 2.42. The van der Waals surface area contributed by atoms with Gasteiger partial charge in [0.1, 0.15) is 16.4 Å². The number of carboxylic acids is 1. The second kappa shape index (κ2) is 5.56. The van der Waals surface area contributed by atoms with Gasteiger partial charge in [-0.2, -0.15) is 4.37 Å². The third kappa shape index (κ3) is 2.78. The number of aromatic nitrogens is 1. The number of carboxylic acid groups (broad SMARTS) is 1. The predicted molar refractivity (Wildman–Crippen MR) is 73.2 cm³/mol. The Morgan fingerprint density at radius 2 is 2.15 bits per heavy atom. The number of carbonyl (C=O) groups excluding carboxylic acids is 1. The summed E-state index contributed by atoms with van der Waals surface area (Å²) >= 11 is 6.38. The van der Waals surface area contributed by atoms with E-state index in [2.05, 4.69) is 9.69 Å². The van der Waals surface area contributed by atoms with E-state index in [4.69, 9.17) is 16.7 Å². The molecule has 0 unspecified atom stereocenters. The molecule has 0 aliphatic carbocycles. The highest BCUT2D eigenvalue weighted by Crippen LogP contribution is 2.25. The van der Waals surface area contributed by atoms with E-state index in [1.807, 2.05) is 0 Å². The minimum Gasteiger partial charge on any atom is -0.478 e. The van der Waals surface area contributed by atoms with Crippen molar-refractivity contribution in [2.75, 3.05) is 5.32 Å². The maximum absolute atomic E-state index is 13.3. The molecular formula is C12H8ClFN2O3S. The first-order chi connectivity index (χ1) is 9.40. The van der Waals surface area contributed by atoms with Crippen LogP contribution in [0.1, 0.15) is 26.4 Å². The summed E-state index contributed by atoms with van der Waals surface area (Å²) in [4.78, 5) is 23.0. The van der Waals surface area contributed by atoms with Crippen molar-refractivity contribution in [1.82, 2.24) is 4.37 Å². The van der Waals surface area contributed by atoms with Crippen LogP contribution in [-0.2, 0) is 0 Å². The lowest BCUT2D eigenvalue weighted by atomic mass is 10.2. The third-order valence-electron chi connectivity index (χ3n) is 2.49. The SMILES string of the molecule is Cc1nsc(NC(=O)c2ccc(Cl)c(F)c2)c1C(=O)O. The average molecular weight is 315 g/mol. The summed E-state index contributed by atoms with van der Waals surface area (Å²) in [6, 6.07) is 3.57. The van der Waals surface area contributed by atoms with Gasteiger partial charge in [0.15, 0.2) is 0 Å². The number of hydrogen-bond donors (Lipinski definition) is 2. The summed E-state index contributed by atoms with van der Waals surface area (Å²) in [5.74, 6) is -2.54. The van der Waals surface area contributed by atoms with Crippen molar-refractivity contribution in [3.05, 3.63) is 45.9 Å². The molecule has 1 aromatic heterocycles. The summed E-state index contributed by atoms with van der Waals surface area (Å²) in [5, 5.41) is 11.5. The Kier molecular flexibility index (Phi) is 4.01. The fraction of sp³-hybridized carbons (Fsp3) is 0.0833. The molecule has 20 heavy (non-hydrogen) atoms. The monoisotopic (exact) mass is 314 g/mol. The number of nitrogens with one attached hydrogen (secondary N) is 1. The molecule has 0 aliphatic rings. The van der Waals surface area contributed by atoms with Crippen LogP contribution < -0.4 is 5.32 Å². The lowest BCUT2D eigenvalue weighted by Crippen LogP contribution is -2.13. The van der Waals surface area contributed by atoms with E-state index in [1.54, 1.807) is 0 Å². The van der Waals surface area contributed by atoms with Gasteiger partial charge in [-0.1, -0.05) is 11.6 Å². The molecule has 0 saturated carbocycles. The highest BCUT2D eigenvalue weighted by molar-refractivity contribution is 7.11. The van der Waals surface area contributed by atoms with Crippen LogP contribution in [0.2, 0.25) is 5.02 Å². The van der Waals surface area contributed by atoms with Gasteiger partial charge in [-0.05, 0) is 36.7 Å². The van der Waals surface area contributed by atoms with E-state index >= 15 is 0 Å². The van der Waals surface area contributed by atoms with Gasteiger partial charge in [0.05, 0.1) is 10.7 Å². The minimum absolute atomic E-state index is 0.0364. The zero-order valence-electron chi connectivity index (χ0n) is 10.1. The van der Waals surface area contributed by atoms with Crippen molar-refractivity contribution in [2.45, 2.75) is 6.92 Å². The molecule has 2 rings (SSSR count). The number of halogens is 2. The molecule has 2 N–H and O–H groups in total. The molecule has 0 fully saturated rings.